The quantitative estimate of drug-likeness (QED) is 0.702. The molecule has 0 saturated heterocycles. The number of hydrogen-bond donors (Lipinski definition) is 0. The van der Waals surface area contributed by atoms with Gasteiger partial charge in [-0.25, -0.2) is 4.98 Å². The Hall–Kier alpha value is -1.53. The summed E-state index contributed by atoms with van der Waals surface area (Å²) in [5.41, 5.74) is -0.0402. The second kappa shape index (κ2) is 7.81. The third-order valence-corrected chi connectivity index (χ3v) is 2.73. The number of ether oxygens (including phenoxy) is 2. The Morgan fingerprint density at radius 3 is 2.79 bits per heavy atom. The minimum absolute atomic E-state index is 0.0402. The molecule has 0 spiro atoms. The van der Waals surface area contributed by atoms with Gasteiger partial charge >= 0.3 is 0 Å². The van der Waals surface area contributed by atoms with E-state index >= 15 is 0 Å². The van der Waals surface area contributed by atoms with Crippen molar-refractivity contribution in [1.29, 1.82) is 0 Å². The minimum atomic E-state index is -0.764. The normalized spacial score (nSPS) is 12.2. The highest BCUT2D eigenvalue weighted by Crippen LogP contribution is 2.11. The molecule has 1 aromatic rings. The number of halogens is 1. The molecule has 0 saturated carbocycles. The molecule has 19 heavy (non-hydrogen) atoms. The topological polar surface area (TPSA) is 51.7 Å². The molecule has 0 bridgehead atoms. The van der Waals surface area contributed by atoms with Gasteiger partial charge in [0.25, 0.3) is 5.91 Å². The fourth-order valence-corrected chi connectivity index (χ4v) is 1.74. The van der Waals surface area contributed by atoms with Gasteiger partial charge in [-0.05, 0) is 19.1 Å². The molecular formula is C13H19FN2O3. The number of pyridine rings is 1. The van der Waals surface area contributed by atoms with Gasteiger partial charge in [0, 0.05) is 27.0 Å². The van der Waals surface area contributed by atoms with Crippen LogP contribution in [0.4, 0.5) is 4.39 Å². The fraction of sp³-hybridized carbons (Fsp3) is 0.538. The number of hydrogen-bond acceptors (Lipinski definition) is 4. The molecule has 1 amide bonds. The zero-order valence-electron chi connectivity index (χ0n) is 11.4. The Balaban J connectivity index is 2.90. The first-order valence-electron chi connectivity index (χ1n) is 6.01. The monoisotopic (exact) mass is 270 g/mol. The van der Waals surface area contributed by atoms with Gasteiger partial charge in [-0.2, -0.15) is 4.39 Å². The molecule has 1 atom stereocenters. The Bertz CT molecular complexity index is 415. The molecule has 0 aliphatic carbocycles. The summed E-state index contributed by atoms with van der Waals surface area (Å²) < 4.78 is 23.6. The molecule has 0 aromatic carbocycles. The molecule has 1 aromatic heterocycles. The average Bonchev–Trinajstić information content (AvgIpc) is 2.39. The van der Waals surface area contributed by atoms with Crippen LogP contribution in [0.25, 0.3) is 0 Å². The number of rotatable bonds is 7. The Morgan fingerprint density at radius 2 is 2.21 bits per heavy atom. The molecule has 106 valence electrons. The maximum Gasteiger partial charge on any atom is 0.258 e. The smallest absolute Gasteiger partial charge is 0.258 e. The predicted molar refractivity (Wildman–Crippen MR) is 68.4 cm³/mol. The van der Waals surface area contributed by atoms with E-state index in [1.54, 1.807) is 14.2 Å². The van der Waals surface area contributed by atoms with Gasteiger partial charge in [0.2, 0.25) is 5.95 Å². The summed E-state index contributed by atoms with van der Waals surface area (Å²) in [5, 5.41) is 0. The first-order chi connectivity index (χ1) is 9.11. The summed E-state index contributed by atoms with van der Waals surface area (Å²) in [6.45, 7) is 2.96. The molecular weight excluding hydrogens is 251 g/mol. The van der Waals surface area contributed by atoms with E-state index in [2.05, 4.69) is 4.98 Å². The largest absolute Gasteiger partial charge is 0.383 e. The number of methoxy groups -OCH3 is 2. The molecule has 0 radical (unpaired) electrons. The van der Waals surface area contributed by atoms with Gasteiger partial charge < -0.3 is 14.4 Å². The molecule has 1 heterocycles. The fourth-order valence-electron chi connectivity index (χ4n) is 1.74. The first-order valence-corrected chi connectivity index (χ1v) is 6.01. The third-order valence-electron chi connectivity index (χ3n) is 2.73. The van der Waals surface area contributed by atoms with Crippen LogP contribution in [0.3, 0.4) is 0 Å². The first kappa shape index (κ1) is 15.5. The number of nitrogens with zero attached hydrogens (tertiary/aromatic N) is 2. The molecule has 1 unspecified atom stereocenters. The van der Waals surface area contributed by atoms with Crippen LogP contribution in [0, 0.1) is 5.95 Å². The van der Waals surface area contributed by atoms with E-state index < -0.39 is 11.9 Å². The maximum atomic E-state index is 13.6. The van der Waals surface area contributed by atoms with Gasteiger partial charge in [-0.1, -0.05) is 0 Å². The lowest BCUT2D eigenvalue weighted by Gasteiger charge is -2.28. The molecule has 0 fully saturated rings. The van der Waals surface area contributed by atoms with Crippen molar-refractivity contribution in [3.63, 3.8) is 0 Å². The maximum absolute atomic E-state index is 13.6. The average molecular weight is 270 g/mol. The Morgan fingerprint density at radius 1 is 1.47 bits per heavy atom. The predicted octanol–water partition coefficient (Wildman–Crippen LogP) is 1.34. The molecule has 0 aliphatic rings. The van der Waals surface area contributed by atoms with E-state index in [9.17, 15) is 9.18 Å². The number of aromatic nitrogens is 1. The highest BCUT2D eigenvalue weighted by atomic mass is 19.1. The highest BCUT2D eigenvalue weighted by Gasteiger charge is 2.23. The van der Waals surface area contributed by atoms with E-state index in [0.717, 1.165) is 0 Å². The Labute approximate surface area is 112 Å². The van der Waals surface area contributed by atoms with Crippen molar-refractivity contribution in [3.05, 3.63) is 29.8 Å². The molecule has 0 aliphatic heterocycles. The summed E-state index contributed by atoms with van der Waals surface area (Å²) in [6.07, 6.45) is 1.31. The molecule has 5 nitrogen and oxygen atoms in total. The van der Waals surface area contributed by atoms with Gasteiger partial charge in [0.15, 0.2) is 0 Å². The summed E-state index contributed by atoms with van der Waals surface area (Å²) in [5.74, 6) is -1.17. The number of amides is 1. The van der Waals surface area contributed by atoms with Crippen LogP contribution in [0.5, 0.6) is 0 Å². The summed E-state index contributed by atoms with van der Waals surface area (Å²) in [6, 6.07) is 2.78. The lowest BCUT2D eigenvalue weighted by atomic mass is 10.2. The lowest BCUT2D eigenvalue weighted by molar-refractivity contribution is 0.0474. The van der Waals surface area contributed by atoms with E-state index in [1.165, 1.54) is 23.2 Å². The van der Waals surface area contributed by atoms with Crippen LogP contribution in [0.15, 0.2) is 18.3 Å². The summed E-state index contributed by atoms with van der Waals surface area (Å²) in [7, 11) is 3.11. The Kier molecular flexibility index (Phi) is 6.38. The van der Waals surface area contributed by atoms with E-state index in [4.69, 9.17) is 9.47 Å². The van der Waals surface area contributed by atoms with Gasteiger partial charge in [-0.15, -0.1) is 0 Å². The van der Waals surface area contributed by atoms with Crippen molar-refractivity contribution < 1.29 is 18.7 Å². The molecule has 6 heteroatoms. The van der Waals surface area contributed by atoms with Crippen LogP contribution >= 0.6 is 0 Å². The van der Waals surface area contributed by atoms with E-state index in [-0.39, 0.29) is 11.6 Å². The van der Waals surface area contributed by atoms with Crippen molar-refractivity contribution >= 4 is 5.91 Å². The van der Waals surface area contributed by atoms with Crippen molar-refractivity contribution in [1.82, 2.24) is 9.88 Å². The van der Waals surface area contributed by atoms with Crippen LogP contribution < -0.4 is 0 Å². The van der Waals surface area contributed by atoms with Crippen molar-refractivity contribution in [3.8, 4) is 0 Å². The van der Waals surface area contributed by atoms with Crippen LogP contribution in [0.1, 0.15) is 17.3 Å². The lowest BCUT2D eigenvalue weighted by Crippen LogP contribution is -2.43. The van der Waals surface area contributed by atoms with Gasteiger partial charge in [0.1, 0.15) is 0 Å². The minimum Gasteiger partial charge on any atom is -0.383 e. The van der Waals surface area contributed by atoms with Crippen molar-refractivity contribution in [2.45, 2.75) is 13.0 Å². The summed E-state index contributed by atoms with van der Waals surface area (Å²) in [4.78, 5) is 17.3. The SMILES string of the molecule is COCCN(C(=O)c1cccnc1F)C(C)COC. The van der Waals surface area contributed by atoms with Crippen LogP contribution in [-0.2, 0) is 9.47 Å². The van der Waals surface area contributed by atoms with Crippen LogP contribution in [-0.4, -0.2) is 55.8 Å². The zero-order valence-corrected chi connectivity index (χ0v) is 11.4. The van der Waals surface area contributed by atoms with Gasteiger partial charge in [-0.3, -0.25) is 4.79 Å². The van der Waals surface area contributed by atoms with E-state index in [1.807, 2.05) is 6.92 Å². The number of carbonyl (C=O) groups is 1. The zero-order chi connectivity index (χ0) is 14.3. The third kappa shape index (κ3) is 4.25. The molecule has 1 rings (SSSR count). The van der Waals surface area contributed by atoms with E-state index in [0.29, 0.717) is 19.8 Å². The summed E-state index contributed by atoms with van der Waals surface area (Å²) >= 11 is 0. The van der Waals surface area contributed by atoms with Crippen molar-refractivity contribution in [2.24, 2.45) is 0 Å². The molecule has 0 N–H and O–H groups in total. The second-order valence-electron chi connectivity index (χ2n) is 4.14. The number of carbonyl (C=O) groups excluding carboxylic acids is 1. The standard InChI is InChI=1S/C13H19FN2O3/c1-10(9-19-3)16(7-8-18-2)13(17)11-5-4-6-15-12(11)14/h4-6,10H,7-9H2,1-3H3. The second-order valence-corrected chi connectivity index (χ2v) is 4.14. The highest BCUT2D eigenvalue weighted by molar-refractivity contribution is 5.94. The van der Waals surface area contributed by atoms with Gasteiger partial charge in [0.05, 0.1) is 24.8 Å². The van der Waals surface area contributed by atoms with Crippen LogP contribution in [0.2, 0.25) is 0 Å². The van der Waals surface area contributed by atoms with Crippen molar-refractivity contribution in [2.75, 3.05) is 34.0 Å².